The van der Waals surface area contributed by atoms with E-state index in [2.05, 4.69) is 6.07 Å². The molecule has 21 heavy (non-hydrogen) atoms. The lowest BCUT2D eigenvalue weighted by molar-refractivity contribution is 0.525. The Bertz CT molecular complexity index is 669. The first-order valence-corrected chi connectivity index (χ1v) is 6.91. The van der Waals surface area contributed by atoms with Crippen molar-refractivity contribution in [3.63, 3.8) is 0 Å². The van der Waals surface area contributed by atoms with E-state index in [1.807, 2.05) is 17.0 Å². The Kier molecular flexibility index (Phi) is 3.57. The van der Waals surface area contributed by atoms with Crippen LogP contribution in [-0.2, 0) is 0 Å². The molecule has 106 valence electrons. The molecule has 0 radical (unpaired) electrons. The second-order valence-electron chi connectivity index (χ2n) is 5.15. The first kappa shape index (κ1) is 13.6. The molecule has 1 heterocycles. The molecule has 2 nitrogen and oxygen atoms in total. The largest absolute Gasteiger partial charge is 0.364 e. The van der Waals surface area contributed by atoms with Gasteiger partial charge in [0.05, 0.1) is 17.7 Å². The second kappa shape index (κ2) is 5.53. The van der Waals surface area contributed by atoms with Crippen LogP contribution in [0.25, 0.3) is 0 Å². The molecule has 1 fully saturated rings. The summed E-state index contributed by atoms with van der Waals surface area (Å²) in [4.78, 5) is 2.00. The number of rotatable bonds is 2. The minimum atomic E-state index is -0.499. The van der Waals surface area contributed by atoms with E-state index < -0.39 is 11.6 Å². The van der Waals surface area contributed by atoms with Crippen molar-refractivity contribution in [1.82, 2.24) is 0 Å². The molecule has 0 amide bonds. The van der Waals surface area contributed by atoms with Gasteiger partial charge in [-0.1, -0.05) is 6.07 Å². The highest BCUT2D eigenvalue weighted by Crippen LogP contribution is 2.38. The van der Waals surface area contributed by atoms with Crippen LogP contribution < -0.4 is 4.90 Å². The maximum atomic E-state index is 14.0. The van der Waals surface area contributed by atoms with Gasteiger partial charge in [-0.3, -0.25) is 0 Å². The molecule has 0 N–H and O–H groups in total. The van der Waals surface area contributed by atoms with Crippen LogP contribution in [0.4, 0.5) is 14.5 Å². The summed E-state index contributed by atoms with van der Waals surface area (Å²) in [5.41, 5.74) is 1.60. The molecule has 2 aromatic rings. The lowest BCUT2D eigenvalue weighted by atomic mass is 10.0. The Morgan fingerprint density at radius 1 is 1.05 bits per heavy atom. The Morgan fingerprint density at radius 3 is 2.33 bits per heavy atom. The van der Waals surface area contributed by atoms with E-state index in [0.717, 1.165) is 25.1 Å². The van der Waals surface area contributed by atoms with Gasteiger partial charge in [0.25, 0.3) is 0 Å². The fourth-order valence-corrected chi connectivity index (χ4v) is 2.93. The highest BCUT2D eigenvalue weighted by atomic mass is 19.1. The van der Waals surface area contributed by atoms with Gasteiger partial charge in [-0.15, -0.1) is 0 Å². The second-order valence-corrected chi connectivity index (χ2v) is 5.15. The molecular formula is C17H14F2N2. The number of hydrogen-bond acceptors (Lipinski definition) is 2. The fourth-order valence-electron chi connectivity index (χ4n) is 2.93. The van der Waals surface area contributed by atoms with Gasteiger partial charge in [-0.05, 0) is 49.2 Å². The van der Waals surface area contributed by atoms with Gasteiger partial charge < -0.3 is 4.90 Å². The maximum Gasteiger partial charge on any atom is 0.131 e. The van der Waals surface area contributed by atoms with Crippen LogP contribution >= 0.6 is 0 Å². The van der Waals surface area contributed by atoms with Crippen LogP contribution in [0.3, 0.4) is 0 Å². The van der Waals surface area contributed by atoms with Crippen LogP contribution in [0.2, 0.25) is 0 Å². The number of anilines is 1. The third kappa shape index (κ3) is 2.47. The minimum absolute atomic E-state index is 0.138. The van der Waals surface area contributed by atoms with Crippen LogP contribution in [0, 0.1) is 23.0 Å². The zero-order chi connectivity index (χ0) is 14.8. The summed E-state index contributed by atoms with van der Waals surface area (Å²) in [5.74, 6) is -0.999. The average Bonchev–Trinajstić information content (AvgIpc) is 2.96. The fraction of sp³-hybridized carbons (Fsp3) is 0.235. The summed E-state index contributed by atoms with van der Waals surface area (Å²) < 4.78 is 28.0. The van der Waals surface area contributed by atoms with Gasteiger partial charge in [-0.25, -0.2) is 8.78 Å². The molecule has 0 aliphatic carbocycles. The number of hydrogen-bond donors (Lipinski definition) is 0. The number of nitrogens with zero attached hydrogens (tertiary/aromatic N) is 2. The van der Waals surface area contributed by atoms with Gasteiger partial charge in [0.15, 0.2) is 0 Å². The topological polar surface area (TPSA) is 27.0 Å². The summed E-state index contributed by atoms with van der Waals surface area (Å²) in [7, 11) is 0. The molecule has 0 aromatic heterocycles. The Labute approximate surface area is 122 Å². The standard InChI is InChI=1S/C17H14F2N2/c18-14-3-1-4-15(19)17(14)16-5-2-10-21(16)13-8-6-12(11-20)7-9-13/h1,3-4,6-9,16H,2,5,10H2. The van der Waals surface area contributed by atoms with E-state index in [1.165, 1.54) is 18.2 Å². The molecule has 2 aromatic carbocycles. The molecule has 1 unspecified atom stereocenters. The van der Waals surface area contributed by atoms with E-state index in [0.29, 0.717) is 5.56 Å². The Morgan fingerprint density at radius 2 is 1.71 bits per heavy atom. The van der Waals surface area contributed by atoms with E-state index in [-0.39, 0.29) is 11.6 Å². The molecule has 1 aliphatic rings. The predicted octanol–water partition coefficient (Wildman–Crippen LogP) is 4.18. The van der Waals surface area contributed by atoms with E-state index >= 15 is 0 Å². The molecular weight excluding hydrogens is 270 g/mol. The van der Waals surface area contributed by atoms with E-state index in [4.69, 9.17) is 5.26 Å². The zero-order valence-electron chi connectivity index (χ0n) is 11.4. The highest BCUT2D eigenvalue weighted by molar-refractivity contribution is 5.52. The lowest BCUT2D eigenvalue weighted by Gasteiger charge is -2.27. The van der Waals surface area contributed by atoms with Crippen molar-refractivity contribution in [3.05, 3.63) is 65.2 Å². The lowest BCUT2D eigenvalue weighted by Crippen LogP contribution is -2.24. The van der Waals surface area contributed by atoms with Crippen molar-refractivity contribution in [2.75, 3.05) is 11.4 Å². The first-order valence-electron chi connectivity index (χ1n) is 6.91. The quantitative estimate of drug-likeness (QED) is 0.827. The molecule has 4 heteroatoms. The SMILES string of the molecule is N#Cc1ccc(N2CCCC2c2c(F)cccc2F)cc1. The summed E-state index contributed by atoms with van der Waals surface area (Å²) in [5, 5.41) is 8.83. The van der Waals surface area contributed by atoms with Crippen molar-refractivity contribution in [3.8, 4) is 6.07 Å². The smallest absolute Gasteiger partial charge is 0.131 e. The average molecular weight is 284 g/mol. The van der Waals surface area contributed by atoms with E-state index in [1.54, 1.807) is 12.1 Å². The Balaban J connectivity index is 1.97. The predicted molar refractivity (Wildman–Crippen MR) is 76.8 cm³/mol. The first-order chi connectivity index (χ1) is 10.2. The normalized spacial score (nSPS) is 17.8. The van der Waals surface area contributed by atoms with Crippen molar-refractivity contribution in [2.24, 2.45) is 0 Å². The van der Waals surface area contributed by atoms with Gasteiger partial charge >= 0.3 is 0 Å². The zero-order valence-corrected chi connectivity index (χ0v) is 11.4. The van der Waals surface area contributed by atoms with Crippen LogP contribution in [0.1, 0.15) is 30.0 Å². The van der Waals surface area contributed by atoms with Gasteiger partial charge in [0.2, 0.25) is 0 Å². The summed E-state index contributed by atoms with van der Waals surface area (Å²) in [6.45, 7) is 0.754. The van der Waals surface area contributed by atoms with Gasteiger partial charge in [-0.2, -0.15) is 5.26 Å². The third-order valence-electron chi connectivity index (χ3n) is 3.91. The molecule has 1 saturated heterocycles. The summed E-state index contributed by atoms with van der Waals surface area (Å²) >= 11 is 0. The Hall–Kier alpha value is -2.41. The number of halogens is 2. The molecule has 0 spiro atoms. The number of nitriles is 1. The highest BCUT2D eigenvalue weighted by Gasteiger charge is 2.30. The molecule has 0 saturated carbocycles. The van der Waals surface area contributed by atoms with Crippen LogP contribution in [-0.4, -0.2) is 6.54 Å². The molecule has 0 bridgehead atoms. The molecule has 1 atom stereocenters. The number of benzene rings is 2. The summed E-state index contributed by atoms with van der Waals surface area (Å²) in [6, 6.07) is 12.9. The minimum Gasteiger partial charge on any atom is -0.364 e. The van der Waals surface area contributed by atoms with Crippen molar-refractivity contribution in [1.29, 1.82) is 5.26 Å². The maximum absolute atomic E-state index is 14.0. The van der Waals surface area contributed by atoms with Crippen molar-refractivity contribution >= 4 is 5.69 Å². The van der Waals surface area contributed by atoms with Crippen LogP contribution in [0.5, 0.6) is 0 Å². The van der Waals surface area contributed by atoms with Crippen molar-refractivity contribution < 1.29 is 8.78 Å². The molecule has 1 aliphatic heterocycles. The summed E-state index contributed by atoms with van der Waals surface area (Å²) in [6.07, 6.45) is 1.61. The monoisotopic (exact) mass is 284 g/mol. The third-order valence-corrected chi connectivity index (χ3v) is 3.91. The van der Waals surface area contributed by atoms with Gasteiger partial charge in [0, 0.05) is 17.8 Å². The van der Waals surface area contributed by atoms with E-state index in [9.17, 15) is 8.78 Å². The van der Waals surface area contributed by atoms with Gasteiger partial charge in [0.1, 0.15) is 11.6 Å². The van der Waals surface area contributed by atoms with Crippen LogP contribution in [0.15, 0.2) is 42.5 Å². The van der Waals surface area contributed by atoms with Crippen molar-refractivity contribution in [2.45, 2.75) is 18.9 Å². The molecule has 3 rings (SSSR count).